The molecule has 0 aliphatic heterocycles. The number of rotatable bonds is 3. The standard InChI is InChI=1S/C12H10BrNO2/c13-11-4-1-9(2-5-11)7-10-3-6-12(16-15)14-8-10/h1-6,8,15H,7H2. The van der Waals surface area contributed by atoms with Gasteiger partial charge in [-0.05, 0) is 29.7 Å². The van der Waals surface area contributed by atoms with Crippen LogP contribution in [0.5, 0.6) is 5.88 Å². The molecule has 0 radical (unpaired) electrons. The zero-order chi connectivity index (χ0) is 11.4. The average molecular weight is 280 g/mol. The molecule has 0 saturated heterocycles. The van der Waals surface area contributed by atoms with Gasteiger partial charge in [0.1, 0.15) is 0 Å². The zero-order valence-electron chi connectivity index (χ0n) is 8.43. The molecule has 0 fully saturated rings. The van der Waals surface area contributed by atoms with Crippen LogP contribution in [0.2, 0.25) is 0 Å². The summed E-state index contributed by atoms with van der Waals surface area (Å²) in [6.07, 6.45) is 2.50. The third-order valence-corrected chi connectivity index (χ3v) is 2.74. The normalized spacial score (nSPS) is 10.1. The second kappa shape index (κ2) is 5.09. The maximum absolute atomic E-state index is 8.38. The number of pyridine rings is 1. The second-order valence-electron chi connectivity index (χ2n) is 3.40. The van der Waals surface area contributed by atoms with Gasteiger partial charge in [-0.25, -0.2) is 10.2 Å². The molecule has 16 heavy (non-hydrogen) atoms. The van der Waals surface area contributed by atoms with Gasteiger partial charge < -0.3 is 4.89 Å². The molecule has 0 bridgehead atoms. The van der Waals surface area contributed by atoms with Crippen LogP contribution < -0.4 is 4.89 Å². The summed E-state index contributed by atoms with van der Waals surface area (Å²) in [7, 11) is 0. The smallest absolute Gasteiger partial charge is 0.255 e. The maximum atomic E-state index is 8.38. The van der Waals surface area contributed by atoms with Crippen molar-refractivity contribution in [2.24, 2.45) is 0 Å². The number of nitrogens with zero attached hydrogens (tertiary/aromatic N) is 1. The van der Waals surface area contributed by atoms with Gasteiger partial charge in [0.2, 0.25) is 0 Å². The number of hydrogen-bond donors (Lipinski definition) is 1. The van der Waals surface area contributed by atoms with Crippen LogP contribution in [-0.4, -0.2) is 10.2 Å². The van der Waals surface area contributed by atoms with E-state index in [1.54, 1.807) is 12.3 Å². The fourth-order valence-electron chi connectivity index (χ4n) is 1.41. The quantitative estimate of drug-likeness (QED) is 0.693. The van der Waals surface area contributed by atoms with E-state index < -0.39 is 0 Å². The molecule has 0 amide bonds. The van der Waals surface area contributed by atoms with Gasteiger partial charge in [-0.2, -0.15) is 0 Å². The predicted molar refractivity (Wildman–Crippen MR) is 64.4 cm³/mol. The van der Waals surface area contributed by atoms with Crippen LogP contribution in [0.1, 0.15) is 11.1 Å². The van der Waals surface area contributed by atoms with Crippen molar-refractivity contribution >= 4 is 15.9 Å². The van der Waals surface area contributed by atoms with Crippen molar-refractivity contribution < 1.29 is 10.1 Å². The minimum atomic E-state index is 0.208. The van der Waals surface area contributed by atoms with Crippen molar-refractivity contribution in [1.82, 2.24) is 4.98 Å². The minimum absolute atomic E-state index is 0.208. The molecule has 1 heterocycles. The molecule has 1 aromatic carbocycles. The topological polar surface area (TPSA) is 42.4 Å². The summed E-state index contributed by atoms with van der Waals surface area (Å²) in [5.41, 5.74) is 2.28. The third-order valence-electron chi connectivity index (χ3n) is 2.21. The van der Waals surface area contributed by atoms with E-state index in [1.165, 1.54) is 5.56 Å². The Morgan fingerprint density at radius 3 is 2.31 bits per heavy atom. The van der Waals surface area contributed by atoms with Crippen molar-refractivity contribution in [3.63, 3.8) is 0 Å². The SMILES string of the molecule is OOc1ccc(Cc2ccc(Br)cc2)cn1. The highest BCUT2D eigenvalue weighted by atomic mass is 79.9. The number of halogens is 1. The van der Waals surface area contributed by atoms with Crippen molar-refractivity contribution in [3.05, 3.63) is 58.2 Å². The summed E-state index contributed by atoms with van der Waals surface area (Å²) >= 11 is 3.39. The lowest BCUT2D eigenvalue weighted by Crippen LogP contribution is -1.92. The molecule has 0 saturated carbocycles. The predicted octanol–water partition coefficient (Wildman–Crippen LogP) is 3.29. The lowest BCUT2D eigenvalue weighted by molar-refractivity contribution is -0.141. The molecular formula is C12H10BrNO2. The van der Waals surface area contributed by atoms with Crippen molar-refractivity contribution in [3.8, 4) is 5.88 Å². The fourth-order valence-corrected chi connectivity index (χ4v) is 1.67. The van der Waals surface area contributed by atoms with Crippen LogP contribution in [0.4, 0.5) is 0 Å². The molecule has 0 unspecified atom stereocenters. The summed E-state index contributed by atoms with van der Waals surface area (Å²) in [5.74, 6) is 0.208. The van der Waals surface area contributed by atoms with E-state index in [4.69, 9.17) is 5.26 Å². The molecule has 0 aliphatic carbocycles. The van der Waals surface area contributed by atoms with Gasteiger partial charge in [0, 0.05) is 16.7 Å². The van der Waals surface area contributed by atoms with Crippen LogP contribution in [0.15, 0.2) is 47.1 Å². The van der Waals surface area contributed by atoms with Crippen molar-refractivity contribution in [2.45, 2.75) is 6.42 Å². The van der Waals surface area contributed by atoms with Gasteiger partial charge in [-0.1, -0.05) is 34.1 Å². The molecule has 4 heteroatoms. The number of hydrogen-bond acceptors (Lipinski definition) is 3. The number of benzene rings is 1. The van der Waals surface area contributed by atoms with Crippen LogP contribution in [-0.2, 0) is 6.42 Å². The maximum Gasteiger partial charge on any atom is 0.255 e. The Kier molecular flexibility index (Phi) is 3.54. The van der Waals surface area contributed by atoms with E-state index in [1.807, 2.05) is 18.2 Å². The molecule has 0 atom stereocenters. The molecule has 82 valence electrons. The van der Waals surface area contributed by atoms with Gasteiger partial charge in [0.15, 0.2) is 0 Å². The first-order chi connectivity index (χ1) is 7.78. The highest BCUT2D eigenvalue weighted by molar-refractivity contribution is 9.10. The molecule has 3 nitrogen and oxygen atoms in total. The summed E-state index contributed by atoms with van der Waals surface area (Å²) in [5, 5.41) is 8.38. The minimum Gasteiger partial charge on any atom is -0.320 e. The Bertz CT molecular complexity index is 453. The van der Waals surface area contributed by atoms with E-state index in [2.05, 4.69) is 37.9 Å². The first kappa shape index (κ1) is 11.1. The van der Waals surface area contributed by atoms with E-state index in [-0.39, 0.29) is 5.88 Å². The van der Waals surface area contributed by atoms with E-state index in [0.29, 0.717) is 0 Å². The largest absolute Gasteiger partial charge is 0.320 e. The van der Waals surface area contributed by atoms with Gasteiger partial charge in [0.05, 0.1) is 0 Å². The first-order valence-corrected chi connectivity index (χ1v) is 5.58. The van der Waals surface area contributed by atoms with Crippen LogP contribution >= 0.6 is 15.9 Å². The van der Waals surface area contributed by atoms with Crippen LogP contribution in [0, 0.1) is 0 Å². The lowest BCUT2D eigenvalue weighted by Gasteiger charge is -2.02. The van der Waals surface area contributed by atoms with Gasteiger partial charge >= 0.3 is 0 Å². The van der Waals surface area contributed by atoms with E-state index >= 15 is 0 Å². The summed E-state index contributed by atoms with van der Waals surface area (Å²) < 4.78 is 1.07. The summed E-state index contributed by atoms with van der Waals surface area (Å²) in [6, 6.07) is 11.6. The first-order valence-electron chi connectivity index (χ1n) is 4.79. The van der Waals surface area contributed by atoms with Crippen LogP contribution in [0.25, 0.3) is 0 Å². The van der Waals surface area contributed by atoms with Crippen molar-refractivity contribution in [2.75, 3.05) is 0 Å². The van der Waals surface area contributed by atoms with E-state index in [9.17, 15) is 0 Å². The fraction of sp³-hybridized carbons (Fsp3) is 0.0833. The Morgan fingerprint density at radius 1 is 1.06 bits per heavy atom. The van der Waals surface area contributed by atoms with Crippen molar-refractivity contribution in [1.29, 1.82) is 0 Å². The highest BCUT2D eigenvalue weighted by Gasteiger charge is 1.98. The Hall–Kier alpha value is -1.39. The van der Waals surface area contributed by atoms with Crippen LogP contribution in [0.3, 0.4) is 0 Å². The number of aromatic nitrogens is 1. The highest BCUT2D eigenvalue weighted by Crippen LogP contribution is 2.15. The summed E-state index contributed by atoms with van der Waals surface area (Å²) in [4.78, 5) is 7.95. The second-order valence-corrected chi connectivity index (χ2v) is 4.31. The van der Waals surface area contributed by atoms with Gasteiger partial charge in [0.25, 0.3) is 5.88 Å². The Morgan fingerprint density at radius 2 is 1.75 bits per heavy atom. The molecule has 1 N–H and O–H groups in total. The molecule has 0 spiro atoms. The lowest BCUT2D eigenvalue weighted by atomic mass is 10.1. The molecule has 1 aromatic heterocycles. The van der Waals surface area contributed by atoms with Gasteiger partial charge in [-0.15, -0.1) is 0 Å². The Balaban J connectivity index is 2.11. The molecular weight excluding hydrogens is 270 g/mol. The zero-order valence-corrected chi connectivity index (χ0v) is 10.0. The monoisotopic (exact) mass is 279 g/mol. The Labute approximate surface area is 102 Å². The summed E-state index contributed by atoms with van der Waals surface area (Å²) in [6.45, 7) is 0. The van der Waals surface area contributed by atoms with Gasteiger partial charge in [-0.3, -0.25) is 0 Å². The average Bonchev–Trinajstić information content (AvgIpc) is 2.33. The molecule has 2 aromatic rings. The molecule has 0 aliphatic rings. The van der Waals surface area contributed by atoms with E-state index in [0.717, 1.165) is 16.5 Å². The third kappa shape index (κ3) is 2.81. The molecule has 2 rings (SSSR count).